The summed E-state index contributed by atoms with van der Waals surface area (Å²) in [5.74, 6) is 2.15. The minimum absolute atomic E-state index is 0.269. The highest BCUT2D eigenvalue weighted by Gasteiger charge is 2.33. The predicted molar refractivity (Wildman–Crippen MR) is 55.9 cm³/mol. The zero-order valence-electron chi connectivity index (χ0n) is 8.88. The van der Waals surface area contributed by atoms with Crippen LogP contribution < -0.4 is 10.6 Å². The summed E-state index contributed by atoms with van der Waals surface area (Å²) in [6.07, 6.45) is 3.31. The fraction of sp³-hybridized carbons (Fsp3) is 0.909. The highest BCUT2D eigenvalue weighted by atomic mass is 16.1. The van der Waals surface area contributed by atoms with Gasteiger partial charge in [0.05, 0.1) is 0 Å². The van der Waals surface area contributed by atoms with Crippen molar-refractivity contribution < 1.29 is 4.79 Å². The van der Waals surface area contributed by atoms with Crippen molar-refractivity contribution in [3.05, 3.63) is 0 Å². The standard InChI is InChI=1S/C11H20N2O/c1-8-6-10(8)7-13-11(14)9-2-4-12-5-3-9/h8-10,12H,2-7H2,1H3,(H,13,14). The van der Waals surface area contributed by atoms with Crippen LogP contribution >= 0.6 is 0 Å². The Labute approximate surface area is 85.6 Å². The van der Waals surface area contributed by atoms with Gasteiger partial charge in [-0.05, 0) is 44.2 Å². The number of carbonyl (C=O) groups is 1. The third-order valence-electron chi connectivity index (χ3n) is 3.52. The molecule has 0 spiro atoms. The molecule has 1 heterocycles. The summed E-state index contributed by atoms with van der Waals surface area (Å²) < 4.78 is 0. The van der Waals surface area contributed by atoms with E-state index < -0.39 is 0 Å². The number of nitrogens with one attached hydrogen (secondary N) is 2. The molecule has 2 atom stereocenters. The van der Waals surface area contributed by atoms with E-state index in [1.54, 1.807) is 0 Å². The van der Waals surface area contributed by atoms with Crippen LogP contribution in [0.3, 0.4) is 0 Å². The molecule has 3 nitrogen and oxygen atoms in total. The molecule has 80 valence electrons. The van der Waals surface area contributed by atoms with E-state index >= 15 is 0 Å². The summed E-state index contributed by atoms with van der Waals surface area (Å²) in [7, 11) is 0. The minimum atomic E-state index is 0.269. The SMILES string of the molecule is CC1CC1CNC(=O)C1CCNCC1. The lowest BCUT2D eigenvalue weighted by Gasteiger charge is -2.21. The molecule has 0 aromatic carbocycles. The second kappa shape index (κ2) is 4.30. The first-order valence-corrected chi connectivity index (χ1v) is 5.76. The molecule has 1 amide bonds. The Balaban J connectivity index is 1.66. The van der Waals surface area contributed by atoms with Crippen LogP contribution in [0.1, 0.15) is 26.2 Å². The largest absolute Gasteiger partial charge is 0.356 e. The van der Waals surface area contributed by atoms with E-state index in [1.807, 2.05) is 0 Å². The van der Waals surface area contributed by atoms with Crippen LogP contribution in [0.25, 0.3) is 0 Å². The van der Waals surface area contributed by atoms with Crippen LogP contribution in [0, 0.1) is 17.8 Å². The van der Waals surface area contributed by atoms with Crippen LogP contribution in [-0.4, -0.2) is 25.5 Å². The Hall–Kier alpha value is -0.570. The van der Waals surface area contributed by atoms with E-state index in [2.05, 4.69) is 17.6 Å². The van der Waals surface area contributed by atoms with Gasteiger partial charge in [-0.15, -0.1) is 0 Å². The van der Waals surface area contributed by atoms with Crippen LogP contribution in [0.4, 0.5) is 0 Å². The molecule has 1 aliphatic heterocycles. The lowest BCUT2D eigenvalue weighted by atomic mass is 9.97. The van der Waals surface area contributed by atoms with Gasteiger partial charge in [-0.25, -0.2) is 0 Å². The van der Waals surface area contributed by atoms with E-state index in [4.69, 9.17) is 0 Å². The van der Waals surface area contributed by atoms with E-state index in [1.165, 1.54) is 6.42 Å². The van der Waals surface area contributed by atoms with Crippen molar-refractivity contribution in [1.29, 1.82) is 0 Å². The summed E-state index contributed by atoms with van der Waals surface area (Å²) in [6, 6.07) is 0. The third kappa shape index (κ3) is 2.47. The summed E-state index contributed by atoms with van der Waals surface area (Å²) in [5, 5.41) is 6.35. The lowest BCUT2D eigenvalue weighted by molar-refractivity contribution is -0.125. The van der Waals surface area contributed by atoms with E-state index in [9.17, 15) is 4.79 Å². The topological polar surface area (TPSA) is 41.1 Å². The van der Waals surface area contributed by atoms with Gasteiger partial charge in [0, 0.05) is 12.5 Å². The lowest BCUT2D eigenvalue weighted by Crippen LogP contribution is -2.38. The highest BCUT2D eigenvalue weighted by Crippen LogP contribution is 2.36. The van der Waals surface area contributed by atoms with Crippen LogP contribution in [0.15, 0.2) is 0 Å². The monoisotopic (exact) mass is 196 g/mol. The maximum absolute atomic E-state index is 11.7. The molecule has 1 aliphatic carbocycles. The fourth-order valence-corrected chi connectivity index (χ4v) is 2.14. The van der Waals surface area contributed by atoms with Gasteiger partial charge in [0.1, 0.15) is 0 Å². The highest BCUT2D eigenvalue weighted by molar-refractivity contribution is 5.78. The van der Waals surface area contributed by atoms with Gasteiger partial charge in [-0.2, -0.15) is 0 Å². The zero-order chi connectivity index (χ0) is 9.97. The van der Waals surface area contributed by atoms with Gasteiger partial charge >= 0.3 is 0 Å². The fourth-order valence-electron chi connectivity index (χ4n) is 2.14. The van der Waals surface area contributed by atoms with Gasteiger partial charge < -0.3 is 10.6 Å². The smallest absolute Gasteiger partial charge is 0.223 e. The number of hydrogen-bond donors (Lipinski definition) is 2. The molecule has 0 aromatic heterocycles. The van der Waals surface area contributed by atoms with Gasteiger partial charge in [-0.1, -0.05) is 6.92 Å². The van der Waals surface area contributed by atoms with E-state index in [0.717, 1.165) is 44.3 Å². The van der Waals surface area contributed by atoms with Crippen molar-refractivity contribution >= 4 is 5.91 Å². The Morgan fingerprint density at radius 2 is 2.07 bits per heavy atom. The van der Waals surface area contributed by atoms with Crippen molar-refractivity contribution in [2.45, 2.75) is 26.2 Å². The van der Waals surface area contributed by atoms with Crippen LogP contribution in [0.5, 0.6) is 0 Å². The molecule has 1 saturated carbocycles. The maximum Gasteiger partial charge on any atom is 0.223 e. The van der Waals surface area contributed by atoms with Gasteiger partial charge in [0.25, 0.3) is 0 Å². The minimum Gasteiger partial charge on any atom is -0.356 e. The number of rotatable bonds is 3. The average Bonchev–Trinajstić information content (AvgIpc) is 2.92. The van der Waals surface area contributed by atoms with Gasteiger partial charge in [0.15, 0.2) is 0 Å². The molecule has 2 aliphatic rings. The van der Waals surface area contributed by atoms with Crippen molar-refractivity contribution in [1.82, 2.24) is 10.6 Å². The molecular formula is C11H20N2O. The zero-order valence-corrected chi connectivity index (χ0v) is 8.88. The molecule has 0 aromatic rings. The molecule has 14 heavy (non-hydrogen) atoms. The predicted octanol–water partition coefficient (Wildman–Crippen LogP) is 0.758. The third-order valence-corrected chi connectivity index (χ3v) is 3.52. The average molecular weight is 196 g/mol. The molecule has 0 bridgehead atoms. The Morgan fingerprint density at radius 3 is 2.64 bits per heavy atom. The van der Waals surface area contributed by atoms with E-state index in [0.29, 0.717) is 0 Å². The molecule has 2 fully saturated rings. The molecule has 2 N–H and O–H groups in total. The molecular weight excluding hydrogens is 176 g/mol. The molecule has 3 heteroatoms. The second-order valence-corrected chi connectivity index (χ2v) is 4.74. The number of hydrogen-bond acceptors (Lipinski definition) is 2. The van der Waals surface area contributed by atoms with Gasteiger partial charge in [-0.3, -0.25) is 4.79 Å². The molecule has 0 radical (unpaired) electrons. The van der Waals surface area contributed by atoms with Crippen molar-refractivity contribution in [2.24, 2.45) is 17.8 Å². The van der Waals surface area contributed by atoms with Crippen molar-refractivity contribution in [3.8, 4) is 0 Å². The Bertz CT molecular complexity index is 211. The number of carbonyl (C=O) groups excluding carboxylic acids is 1. The quantitative estimate of drug-likeness (QED) is 0.699. The van der Waals surface area contributed by atoms with Crippen molar-refractivity contribution in [2.75, 3.05) is 19.6 Å². The normalized spacial score (nSPS) is 32.6. The summed E-state index contributed by atoms with van der Waals surface area (Å²) in [6.45, 7) is 5.15. The first kappa shape index (κ1) is 9.97. The number of amides is 1. The Kier molecular flexibility index (Phi) is 3.06. The summed E-state index contributed by atoms with van der Waals surface area (Å²) in [4.78, 5) is 11.7. The number of piperidine rings is 1. The Morgan fingerprint density at radius 1 is 1.43 bits per heavy atom. The van der Waals surface area contributed by atoms with Crippen LogP contribution in [0.2, 0.25) is 0 Å². The first-order valence-electron chi connectivity index (χ1n) is 5.76. The summed E-state index contributed by atoms with van der Waals surface area (Å²) >= 11 is 0. The molecule has 2 unspecified atom stereocenters. The maximum atomic E-state index is 11.7. The second-order valence-electron chi connectivity index (χ2n) is 4.74. The van der Waals surface area contributed by atoms with Crippen LogP contribution in [-0.2, 0) is 4.79 Å². The molecule has 2 rings (SSSR count). The first-order chi connectivity index (χ1) is 6.77. The molecule has 1 saturated heterocycles. The van der Waals surface area contributed by atoms with Crippen molar-refractivity contribution in [3.63, 3.8) is 0 Å². The van der Waals surface area contributed by atoms with E-state index in [-0.39, 0.29) is 11.8 Å². The van der Waals surface area contributed by atoms with Gasteiger partial charge in [0.2, 0.25) is 5.91 Å². The summed E-state index contributed by atoms with van der Waals surface area (Å²) in [5.41, 5.74) is 0.